The largest absolute Gasteiger partial charge is 0.378 e. The minimum Gasteiger partial charge on any atom is -0.378 e. The summed E-state index contributed by atoms with van der Waals surface area (Å²) in [4.78, 5) is 36.3. The van der Waals surface area contributed by atoms with Gasteiger partial charge in [0.1, 0.15) is 11.6 Å². The van der Waals surface area contributed by atoms with Gasteiger partial charge < -0.3 is 24.4 Å². The molecule has 3 aromatic heterocycles. The van der Waals surface area contributed by atoms with Crippen LogP contribution in [-0.4, -0.2) is 85.8 Å². The van der Waals surface area contributed by atoms with E-state index in [4.69, 9.17) is 24.7 Å². The zero-order valence-corrected chi connectivity index (χ0v) is 21.3. The number of hydrogen-bond acceptors (Lipinski definition) is 8. The number of carbonyl (C=O) groups excluding carboxylic acids is 1. The van der Waals surface area contributed by atoms with E-state index in [-0.39, 0.29) is 18.3 Å². The smallest absolute Gasteiger partial charge is 0.239 e. The average molecular weight is 512 g/mol. The predicted octanol–water partition coefficient (Wildman–Crippen LogP) is 1.45. The Morgan fingerprint density at radius 3 is 2.61 bits per heavy atom. The van der Waals surface area contributed by atoms with Crippen LogP contribution in [0.1, 0.15) is 18.6 Å². The van der Waals surface area contributed by atoms with Crippen LogP contribution in [0.25, 0.3) is 28.1 Å². The molecule has 0 spiro atoms. The fourth-order valence-electron chi connectivity index (χ4n) is 4.84. The van der Waals surface area contributed by atoms with Gasteiger partial charge in [0.15, 0.2) is 17.0 Å². The fourth-order valence-corrected chi connectivity index (χ4v) is 4.84. The molecule has 12 heteroatoms. The number of nitrogens with one attached hydrogen (secondary N) is 1. The van der Waals surface area contributed by atoms with Crippen LogP contribution in [0.3, 0.4) is 0 Å². The molecular weight excluding hydrogens is 482 g/mol. The topological polar surface area (TPSA) is 106 Å². The number of morpholine rings is 1. The van der Waals surface area contributed by atoms with Crippen molar-refractivity contribution >= 4 is 46.3 Å². The number of amides is 1. The summed E-state index contributed by atoms with van der Waals surface area (Å²) in [6, 6.07) is 8.06. The van der Waals surface area contributed by atoms with Gasteiger partial charge in [-0.2, -0.15) is 9.97 Å². The lowest BCUT2D eigenvalue weighted by Gasteiger charge is -2.28. The van der Waals surface area contributed by atoms with Crippen LogP contribution in [0.15, 0.2) is 24.3 Å². The Bertz CT molecular complexity index is 1410. The molecule has 2 aliphatic heterocycles. The second-order valence-electron chi connectivity index (χ2n) is 8.90. The first-order valence-corrected chi connectivity index (χ1v) is 12.1. The number of piperazine rings is 1. The number of aromatic nitrogens is 6. The summed E-state index contributed by atoms with van der Waals surface area (Å²) in [7, 11) is 1.96. The molecule has 0 atom stereocenters. The van der Waals surface area contributed by atoms with E-state index in [1.165, 1.54) is 0 Å². The number of rotatable bonds is 5. The van der Waals surface area contributed by atoms with E-state index in [1.807, 2.05) is 45.3 Å². The first kappa shape index (κ1) is 24.4. The van der Waals surface area contributed by atoms with Crippen LogP contribution in [0.5, 0.6) is 0 Å². The van der Waals surface area contributed by atoms with Crippen molar-refractivity contribution in [2.45, 2.75) is 19.9 Å². The van der Waals surface area contributed by atoms with Crippen molar-refractivity contribution in [2.75, 3.05) is 50.8 Å². The lowest BCUT2D eigenvalue weighted by molar-refractivity contribution is -0.132. The summed E-state index contributed by atoms with van der Waals surface area (Å²) >= 11 is 0. The van der Waals surface area contributed by atoms with Crippen LogP contribution in [-0.2, 0) is 29.5 Å². The van der Waals surface area contributed by atoms with E-state index < -0.39 is 0 Å². The van der Waals surface area contributed by atoms with Gasteiger partial charge in [0, 0.05) is 39.6 Å². The fraction of sp³-hybridized carbons (Fsp3) is 0.458. The Kier molecular flexibility index (Phi) is 6.78. The van der Waals surface area contributed by atoms with Gasteiger partial charge in [-0.05, 0) is 12.1 Å². The summed E-state index contributed by atoms with van der Waals surface area (Å²) in [5.41, 5.74) is 3.39. The molecule has 5 heterocycles. The summed E-state index contributed by atoms with van der Waals surface area (Å²) in [6.07, 6.45) is 0.755. The Morgan fingerprint density at radius 2 is 1.83 bits per heavy atom. The zero-order valence-electron chi connectivity index (χ0n) is 20.5. The molecule has 4 aromatic rings. The number of nitrogens with zero attached hydrogens (tertiary/aromatic N) is 8. The standard InChI is InChI=1S/C24H29N9O2.ClH/c1-3-18-26-16-6-4-5-7-17(16)33(18)24-28-22-21(23(29-24)31-10-12-35-13-11-31)27-19(30(22)2)15-32-9-8-25-14-20(32)34;/h4-7,25H,3,8-15H2,1-2H3;1H. The maximum Gasteiger partial charge on any atom is 0.239 e. The number of carbonyl (C=O) groups is 1. The van der Waals surface area contributed by atoms with Crippen molar-refractivity contribution in [3.8, 4) is 5.95 Å². The molecule has 36 heavy (non-hydrogen) atoms. The number of imidazole rings is 2. The van der Waals surface area contributed by atoms with E-state index in [0.717, 1.165) is 65.7 Å². The van der Waals surface area contributed by atoms with Gasteiger partial charge in [-0.1, -0.05) is 19.1 Å². The summed E-state index contributed by atoms with van der Waals surface area (Å²) in [5.74, 6) is 3.16. The van der Waals surface area contributed by atoms with E-state index in [1.54, 1.807) is 0 Å². The van der Waals surface area contributed by atoms with Gasteiger partial charge in [0.25, 0.3) is 0 Å². The number of ether oxygens (including phenoxy) is 1. The van der Waals surface area contributed by atoms with Crippen LogP contribution < -0.4 is 10.2 Å². The number of benzene rings is 1. The maximum absolute atomic E-state index is 12.4. The molecule has 0 bridgehead atoms. The molecule has 0 saturated carbocycles. The van der Waals surface area contributed by atoms with Gasteiger partial charge in [-0.25, -0.2) is 9.97 Å². The minimum absolute atomic E-state index is 0. The van der Waals surface area contributed by atoms with Gasteiger partial charge in [-0.3, -0.25) is 9.36 Å². The molecule has 11 nitrogen and oxygen atoms in total. The third-order valence-electron chi connectivity index (χ3n) is 6.76. The molecule has 6 rings (SSSR count). The molecule has 2 fully saturated rings. The SMILES string of the molecule is CCc1nc2ccccc2n1-c1nc(N2CCOCC2)c2nc(CN3CCNCC3=O)n(C)c2n1.Cl. The highest BCUT2D eigenvalue weighted by atomic mass is 35.5. The molecule has 0 unspecified atom stereocenters. The quantitative estimate of drug-likeness (QED) is 0.429. The van der Waals surface area contributed by atoms with Crippen LogP contribution in [0.2, 0.25) is 0 Å². The van der Waals surface area contributed by atoms with Crippen LogP contribution in [0, 0.1) is 0 Å². The third kappa shape index (κ3) is 4.16. The monoisotopic (exact) mass is 511 g/mol. The summed E-state index contributed by atoms with van der Waals surface area (Å²) in [6.45, 7) is 7.10. The van der Waals surface area contributed by atoms with Crippen molar-refractivity contribution in [1.29, 1.82) is 0 Å². The van der Waals surface area contributed by atoms with Crippen molar-refractivity contribution < 1.29 is 9.53 Å². The highest BCUT2D eigenvalue weighted by Gasteiger charge is 2.26. The van der Waals surface area contributed by atoms with Crippen molar-refractivity contribution in [1.82, 2.24) is 39.3 Å². The van der Waals surface area contributed by atoms with Crippen molar-refractivity contribution in [3.05, 3.63) is 35.9 Å². The predicted molar refractivity (Wildman–Crippen MR) is 139 cm³/mol. The van der Waals surface area contributed by atoms with Gasteiger partial charge in [0.2, 0.25) is 11.9 Å². The highest BCUT2D eigenvalue weighted by Crippen LogP contribution is 2.28. The summed E-state index contributed by atoms with van der Waals surface area (Å²) < 4.78 is 9.63. The number of hydrogen-bond donors (Lipinski definition) is 1. The van der Waals surface area contributed by atoms with E-state index in [2.05, 4.69) is 17.1 Å². The van der Waals surface area contributed by atoms with E-state index >= 15 is 0 Å². The molecule has 0 aliphatic carbocycles. The lowest BCUT2D eigenvalue weighted by Crippen LogP contribution is -2.47. The first-order chi connectivity index (χ1) is 17.1. The highest BCUT2D eigenvalue weighted by molar-refractivity contribution is 5.86. The number of halogens is 1. The van der Waals surface area contributed by atoms with Crippen molar-refractivity contribution in [3.63, 3.8) is 0 Å². The second-order valence-corrected chi connectivity index (χ2v) is 8.90. The molecule has 190 valence electrons. The molecule has 1 N–H and O–H groups in total. The van der Waals surface area contributed by atoms with Crippen LogP contribution >= 0.6 is 12.4 Å². The molecule has 1 aromatic carbocycles. The van der Waals surface area contributed by atoms with Gasteiger partial charge >= 0.3 is 0 Å². The van der Waals surface area contributed by atoms with E-state index in [0.29, 0.717) is 38.8 Å². The van der Waals surface area contributed by atoms with Gasteiger partial charge in [0.05, 0.1) is 37.3 Å². The number of para-hydroxylation sites is 2. The average Bonchev–Trinajstić information content (AvgIpc) is 3.43. The third-order valence-corrected chi connectivity index (χ3v) is 6.76. The van der Waals surface area contributed by atoms with Gasteiger partial charge in [-0.15, -0.1) is 12.4 Å². The first-order valence-electron chi connectivity index (χ1n) is 12.1. The van der Waals surface area contributed by atoms with Crippen molar-refractivity contribution in [2.24, 2.45) is 7.05 Å². The zero-order chi connectivity index (χ0) is 23.9. The Labute approximate surface area is 214 Å². The summed E-state index contributed by atoms with van der Waals surface area (Å²) in [5, 5.41) is 3.12. The van der Waals surface area contributed by atoms with Crippen LogP contribution in [0.4, 0.5) is 5.82 Å². The maximum atomic E-state index is 12.4. The Hall–Kier alpha value is -3.28. The molecule has 1 amide bonds. The molecule has 0 radical (unpaired) electrons. The number of fused-ring (bicyclic) bond motifs is 2. The lowest BCUT2D eigenvalue weighted by atomic mass is 10.3. The molecular formula is C24H30ClN9O2. The number of aryl methyl sites for hydroxylation is 2. The normalized spacial score (nSPS) is 16.7. The number of anilines is 1. The second kappa shape index (κ2) is 10.00. The molecule has 2 aliphatic rings. The Balaban J connectivity index is 0.00000267. The minimum atomic E-state index is 0. The molecule has 2 saturated heterocycles. The Morgan fingerprint density at radius 1 is 1.03 bits per heavy atom. The van der Waals surface area contributed by atoms with E-state index in [9.17, 15) is 4.79 Å².